The van der Waals surface area contributed by atoms with Crippen LogP contribution in [-0.2, 0) is 19.9 Å². The fourth-order valence-corrected chi connectivity index (χ4v) is 4.94. The number of nitrogens with zero attached hydrogens (tertiary/aromatic N) is 1. The third kappa shape index (κ3) is 3.04. The Morgan fingerprint density at radius 1 is 0.870 bits per heavy atom. The van der Waals surface area contributed by atoms with Crippen molar-refractivity contribution in [3.63, 3.8) is 0 Å². The molecule has 1 heterocycles. The molecule has 122 valence electrons. The van der Waals surface area contributed by atoms with E-state index in [-0.39, 0.29) is 15.8 Å². The Hall–Kier alpha value is -1.70. The third-order valence-corrected chi connectivity index (χ3v) is 7.06. The molecule has 0 N–H and O–H groups in total. The summed E-state index contributed by atoms with van der Waals surface area (Å²) in [5, 5.41) is 0. The summed E-state index contributed by atoms with van der Waals surface area (Å²) in [6.45, 7) is 0.468. The van der Waals surface area contributed by atoms with Gasteiger partial charge in [-0.2, -0.15) is 4.31 Å². The summed E-state index contributed by atoms with van der Waals surface area (Å²) in [5.41, 5.74) is 0.968. The molecule has 1 aliphatic rings. The largest absolute Gasteiger partial charge is 0.243 e. The summed E-state index contributed by atoms with van der Waals surface area (Å²) in [6, 6.07) is 14.7. The number of hydrogen-bond acceptors (Lipinski definition) is 4. The lowest BCUT2D eigenvalue weighted by molar-refractivity contribution is 0.202. The summed E-state index contributed by atoms with van der Waals surface area (Å²) in [4.78, 5) is 0.227. The number of sulfone groups is 1. The van der Waals surface area contributed by atoms with Gasteiger partial charge in [-0.1, -0.05) is 30.3 Å². The molecule has 0 aromatic heterocycles. The van der Waals surface area contributed by atoms with E-state index in [2.05, 4.69) is 0 Å². The molecule has 0 bridgehead atoms. The molecular weight excluding hydrogens is 334 g/mol. The van der Waals surface area contributed by atoms with Crippen molar-refractivity contribution < 1.29 is 16.8 Å². The van der Waals surface area contributed by atoms with Crippen molar-refractivity contribution in [1.29, 1.82) is 0 Å². The van der Waals surface area contributed by atoms with Crippen LogP contribution >= 0.6 is 0 Å². The van der Waals surface area contributed by atoms with Crippen LogP contribution in [0.1, 0.15) is 18.0 Å². The lowest BCUT2D eigenvalue weighted by atomic mass is 9.98. The molecule has 0 aliphatic carbocycles. The molecule has 1 atom stereocenters. The predicted octanol–water partition coefficient (Wildman–Crippen LogP) is 2.23. The summed E-state index contributed by atoms with van der Waals surface area (Å²) >= 11 is 0. The molecule has 1 aliphatic heterocycles. The Morgan fingerprint density at radius 3 is 1.91 bits per heavy atom. The fraction of sp³-hybridized carbons (Fsp3) is 0.250. The molecule has 23 heavy (non-hydrogen) atoms. The van der Waals surface area contributed by atoms with Gasteiger partial charge in [0.1, 0.15) is 0 Å². The zero-order valence-electron chi connectivity index (χ0n) is 12.6. The second-order valence-electron chi connectivity index (χ2n) is 5.57. The SMILES string of the molecule is CS(=O)(=O)c1ccc(S(=O)(=O)N2CCC2c2ccccc2)cc1. The summed E-state index contributed by atoms with van der Waals surface area (Å²) < 4.78 is 49.9. The van der Waals surface area contributed by atoms with Crippen molar-refractivity contribution >= 4 is 19.9 Å². The third-order valence-electron chi connectivity index (χ3n) is 4.01. The molecule has 7 heteroatoms. The highest BCUT2D eigenvalue weighted by Crippen LogP contribution is 2.38. The van der Waals surface area contributed by atoms with Gasteiger partial charge >= 0.3 is 0 Å². The van der Waals surface area contributed by atoms with Crippen LogP contribution < -0.4 is 0 Å². The van der Waals surface area contributed by atoms with Crippen molar-refractivity contribution in [3.8, 4) is 0 Å². The van der Waals surface area contributed by atoms with E-state index in [9.17, 15) is 16.8 Å². The van der Waals surface area contributed by atoms with Crippen molar-refractivity contribution in [1.82, 2.24) is 4.31 Å². The van der Waals surface area contributed by atoms with Gasteiger partial charge in [-0.3, -0.25) is 0 Å². The lowest BCUT2D eigenvalue weighted by Gasteiger charge is -2.40. The molecule has 0 saturated carbocycles. The Morgan fingerprint density at radius 2 is 1.43 bits per heavy atom. The van der Waals surface area contributed by atoms with Gasteiger partial charge < -0.3 is 0 Å². The maximum Gasteiger partial charge on any atom is 0.243 e. The predicted molar refractivity (Wildman–Crippen MR) is 87.2 cm³/mol. The standard InChI is InChI=1S/C16H17NO4S2/c1-22(18,19)14-7-9-15(10-8-14)23(20,21)17-12-11-16(17)13-5-3-2-4-6-13/h2-10,16H,11-12H2,1H3. The van der Waals surface area contributed by atoms with E-state index in [1.165, 1.54) is 28.6 Å². The molecule has 2 aromatic carbocycles. The van der Waals surface area contributed by atoms with Gasteiger partial charge in [0, 0.05) is 12.8 Å². The molecular formula is C16H17NO4S2. The lowest BCUT2D eigenvalue weighted by Crippen LogP contribution is -2.44. The number of benzene rings is 2. The van der Waals surface area contributed by atoms with Crippen LogP contribution in [0, 0.1) is 0 Å². The van der Waals surface area contributed by atoms with Crippen molar-refractivity contribution in [2.24, 2.45) is 0 Å². The molecule has 0 radical (unpaired) electrons. The zero-order valence-corrected chi connectivity index (χ0v) is 14.2. The molecule has 0 spiro atoms. The van der Waals surface area contributed by atoms with Gasteiger partial charge in [-0.05, 0) is 36.2 Å². The van der Waals surface area contributed by atoms with E-state index >= 15 is 0 Å². The van der Waals surface area contributed by atoms with Crippen LogP contribution in [-0.4, -0.2) is 33.9 Å². The quantitative estimate of drug-likeness (QED) is 0.847. The van der Waals surface area contributed by atoms with Crippen LogP contribution in [0.15, 0.2) is 64.4 Å². The molecule has 1 unspecified atom stereocenters. The number of rotatable bonds is 4. The maximum absolute atomic E-state index is 12.7. The van der Waals surface area contributed by atoms with Gasteiger partial charge in [0.15, 0.2) is 9.84 Å². The van der Waals surface area contributed by atoms with Crippen LogP contribution in [0.5, 0.6) is 0 Å². The highest BCUT2D eigenvalue weighted by Gasteiger charge is 2.39. The fourth-order valence-electron chi connectivity index (χ4n) is 2.65. The maximum atomic E-state index is 12.7. The van der Waals surface area contributed by atoms with Gasteiger partial charge in [-0.15, -0.1) is 0 Å². The Bertz CT molecular complexity index is 904. The highest BCUT2D eigenvalue weighted by molar-refractivity contribution is 7.90. The topological polar surface area (TPSA) is 71.5 Å². The van der Waals surface area contributed by atoms with E-state index in [4.69, 9.17) is 0 Å². The van der Waals surface area contributed by atoms with Crippen LogP contribution in [0.2, 0.25) is 0 Å². The number of hydrogen-bond donors (Lipinski definition) is 0. The monoisotopic (exact) mass is 351 g/mol. The van der Waals surface area contributed by atoms with Crippen molar-refractivity contribution in [2.75, 3.05) is 12.8 Å². The van der Waals surface area contributed by atoms with E-state index < -0.39 is 19.9 Å². The van der Waals surface area contributed by atoms with E-state index in [1.54, 1.807) is 0 Å². The second-order valence-corrected chi connectivity index (χ2v) is 9.48. The van der Waals surface area contributed by atoms with E-state index in [0.29, 0.717) is 6.54 Å². The van der Waals surface area contributed by atoms with E-state index in [0.717, 1.165) is 18.2 Å². The van der Waals surface area contributed by atoms with Crippen molar-refractivity contribution in [3.05, 3.63) is 60.2 Å². The first-order valence-electron chi connectivity index (χ1n) is 7.17. The first-order chi connectivity index (χ1) is 10.8. The van der Waals surface area contributed by atoms with Gasteiger partial charge in [0.25, 0.3) is 0 Å². The van der Waals surface area contributed by atoms with Gasteiger partial charge in [-0.25, -0.2) is 16.8 Å². The Labute approximate surface area is 136 Å². The molecule has 1 fully saturated rings. The molecule has 3 rings (SSSR count). The molecule has 0 amide bonds. The van der Waals surface area contributed by atoms with E-state index in [1.807, 2.05) is 30.3 Å². The summed E-state index contributed by atoms with van der Waals surface area (Å²) in [7, 11) is -6.96. The summed E-state index contributed by atoms with van der Waals surface area (Å²) in [5.74, 6) is 0. The first kappa shape index (κ1) is 16.2. The van der Waals surface area contributed by atoms with Crippen LogP contribution in [0.4, 0.5) is 0 Å². The average Bonchev–Trinajstić information content (AvgIpc) is 2.46. The molecule has 5 nitrogen and oxygen atoms in total. The van der Waals surface area contributed by atoms with Gasteiger partial charge in [0.2, 0.25) is 10.0 Å². The average molecular weight is 351 g/mol. The smallest absolute Gasteiger partial charge is 0.224 e. The Balaban J connectivity index is 1.90. The van der Waals surface area contributed by atoms with Crippen LogP contribution in [0.3, 0.4) is 0 Å². The van der Waals surface area contributed by atoms with Gasteiger partial charge in [0.05, 0.1) is 15.8 Å². The number of sulfonamides is 1. The second kappa shape index (κ2) is 5.74. The minimum absolute atomic E-state index is 0.111. The first-order valence-corrected chi connectivity index (χ1v) is 10.5. The normalized spacial score (nSPS) is 19.3. The van der Waals surface area contributed by atoms with Crippen LogP contribution in [0.25, 0.3) is 0 Å². The zero-order chi connectivity index (χ0) is 16.7. The molecule has 2 aromatic rings. The molecule has 1 saturated heterocycles. The minimum Gasteiger partial charge on any atom is -0.224 e. The highest BCUT2D eigenvalue weighted by atomic mass is 32.2. The summed E-state index contributed by atoms with van der Waals surface area (Å²) in [6.07, 6.45) is 1.88. The van der Waals surface area contributed by atoms with Crippen molar-refractivity contribution in [2.45, 2.75) is 22.3 Å². The minimum atomic E-state index is -3.62. The Kier molecular flexibility index (Phi) is 4.03.